The van der Waals surface area contributed by atoms with Crippen molar-refractivity contribution in [1.29, 1.82) is 0 Å². The highest BCUT2D eigenvalue weighted by molar-refractivity contribution is 7.92. The molecule has 0 radical (unpaired) electrons. The molecule has 2 N–H and O–H groups in total. The third-order valence-electron chi connectivity index (χ3n) is 4.49. The predicted molar refractivity (Wildman–Crippen MR) is 119 cm³/mol. The summed E-state index contributed by atoms with van der Waals surface area (Å²) in [5.74, 6) is 0.451. The van der Waals surface area contributed by atoms with Crippen molar-refractivity contribution in [3.05, 3.63) is 83.4 Å². The van der Waals surface area contributed by atoms with E-state index in [1.165, 1.54) is 0 Å². The van der Waals surface area contributed by atoms with E-state index in [-0.39, 0.29) is 10.8 Å². The lowest BCUT2D eigenvalue weighted by Gasteiger charge is -2.12. The zero-order chi connectivity index (χ0) is 21.7. The van der Waals surface area contributed by atoms with E-state index in [1.54, 1.807) is 73.7 Å². The molecule has 0 unspecified atom stereocenters. The molecule has 0 aromatic heterocycles. The van der Waals surface area contributed by atoms with Crippen LogP contribution in [0.15, 0.2) is 71.6 Å². The largest absolute Gasteiger partial charge is 0.494 e. The van der Waals surface area contributed by atoms with E-state index in [1.807, 2.05) is 13.8 Å². The monoisotopic (exact) mass is 424 g/mol. The lowest BCUT2D eigenvalue weighted by atomic mass is 10.1. The van der Waals surface area contributed by atoms with E-state index >= 15 is 0 Å². The van der Waals surface area contributed by atoms with Crippen molar-refractivity contribution >= 4 is 27.3 Å². The highest BCUT2D eigenvalue weighted by atomic mass is 32.2. The fraction of sp³-hybridized carbons (Fsp3) is 0.174. The molecule has 156 valence electrons. The highest BCUT2D eigenvalue weighted by Crippen LogP contribution is 2.22. The molecule has 0 atom stereocenters. The summed E-state index contributed by atoms with van der Waals surface area (Å²) in [5, 5.41) is 2.82. The van der Waals surface area contributed by atoms with Crippen molar-refractivity contribution < 1.29 is 17.9 Å². The van der Waals surface area contributed by atoms with Crippen molar-refractivity contribution in [1.82, 2.24) is 0 Å². The molecule has 0 aliphatic rings. The molecule has 7 heteroatoms. The summed E-state index contributed by atoms with van der Waals surface area (Å²) >= 11 is 0. The van der Waals surface area contributed by atoms with Crippen LogP contribution in [0.2, 0.25) is 0 Å². The second-order valence-corrected chi connectivity index (χ2v) is 8.54. The SMILES string of the molecule is CCOc1ccc(NC(=O)c2ccc(NS(=O)(=O)c3ccc(C)cc3)c(C)c2)cc1. The summed E-state index contributed by atoms with van der Waals surface area (Å²) in [6.45, 7) is 6.12. The minimum atomic E-state index is -3.71. The molecule has 0 aliphatic heterocycles. The Hall–Kier alpha value is -3.32. The molecule has 3 rings (SSSR count). The smallest absolute Gasteiger partial charge is 0.261 e. The van der Waals surface area contributed by atoms with Crippen LogP contribution < -0.4 is 14.8 Å². The number of carbonyl (C=O) groups excluding carboxylic acids is 1. The van der Waals surface area contributed by atoms with Gasteiger partial charge in [0.1, 0.15) is 5.75 Å². The van der Waals surface area contributed by atoms with Crippen LogP contribution in [0.1, 0.15) is 28.4 Å². The number of sulfonamides is 1. The van der Waals surface area contributed by atoms with Gasteiger partial charge in [-0.1, -0.05) is 17.7 Å². The Kier molecular flexibility index (Phi) is 6.42. The zero-order valence-electron chi connectivity index (χ0n) is 17.1. The van der Waals surface area contributed by atoms with Crippen LogP contribution in [0.4, 0.5) is 11.4 Å². The first kappa shape index (κ1) is 21.4. The molecule has 30 heavy (non-hydrogen) atoms. The molecule has 1 amide bonds. The molecule has 3 aromatic rings. The number of aryl methyl sites for hydroxylation is 2. The van der Waals surface area contributed by atoms with Gasteiger partial charge in [0.15, 0.2) is 0 Å². The summed E-state index contributed by atoms with van der Waals surface area (Å²) in [4.78, 5) is 12.7. The number of nitrogens with one attached hydrogen (secondary N) is 2. The quantitative estimate of drug-likeness (QED) is 0.573. The Balaban J connectivity index is 1.72. The van der Waals surface area contributed by atoms with Crippen molar-refractivity contribution in [2.45, 2.75) is 25.7 Å². The molecular weight excluding hydrogens is 400 g/mol. The van der Waals surface area contributed by atoms with E-state index in [0.29, 0.717) is 29.1 Å². The Labute approximate surface area is 177 Å². The Morgan fingerprint density at radius 1 is 0.933 bits per heavy atom. The van der Waals surface area contributed by atoms with E-state index < -0.39 is 10.0 Å². The first-order chi connectivity index (χ1) is 14.3. The second kappa shape index (κ2) is 9.00. The van der Waals surface area contributed by atoms with E-state index in [9.17, 15) is 13.2 Å². The van der Waals surface area contributed by atoms with Crippen molar-refractivity contribution in [2.24, 2.45) is 0 Å². The van der Waals surface area contributed by atoms with E-state index in [2.05, 4.69) is 10.0 Å². The van der Waals surface area contributed by atoms with Gasteiger partial charge in [-0.2, -0.15) is 0 Å². The summed E-state index contributed by atoms with van der Waals surface area (Å²) < 4.78 is 33.2. The first-order valence-electron chi connectivity index (χ1n) is 9.53. The molecule has 0 heterocycles. The molecule has 0 bridgehead atoms. The van der Waals surface area contributed by atoms with Crippen LogP contribution in [-0.4, -0.2) is 20.9 Å². The highest BCUT2D eigenvalue weighted by Gasteiger charge is 2.16. The molecule has 6 nitrogen and oxygen atoms in total. The lowest BCUT2D eigenvalue weighted by Crippen LogP contribution is -2.15. The number of anilines is 2. The average molecular weight is 425 g/mol. The summed E-state index contributed by atoms with van der Waals surface area (Å²) in [7, 11) is -3.71. The van der Waals surface area contributed by atoms with E-state index in [4.69, 9.17) is 4.74 Å². The fourth-order valence-electron chi connectivity index (χ4n) is 2.84. The van der Waals surface area contributed by atoms with Crippen LogP contribution >= 0.6 is 0 Å². The number of hydrogen-bond acceptors (Lipinski definition) is 4. The third kappa shape index (κ3) is 5.18. The number of rotatable bonds is 7. The zero-order valence-corrected chi connectivity index (χ0v) is 17.9. The average Bonchev–Trinajstić information content (AvgIpc) is 2.71. The molecular formula is C23H24N2O4S. The maximum Gasteiger partial charge on any atom is 0.261 e. The summed E-state index contributed by atoms with van der Waals surface area (Å²) in [6, 6.07) is 18.5. The van der Waals surface area contributed by atoms with E-state index in [0.717, 1.165) is 11.3 Å². The number of ether oxygens (including phenoxy) is 1. The number of carbonyl (C=O) groups is 1. The molecule has 0 fully saturated rings. The fourth-order valence-corrected chi connectivity index (χ4v) is 3.98. The summed E-state index contributed by atoms with van der Waals surface area (Å²) in [5.41, 5.74) is 3.12. The van der Waals surface area contributed by atoms with Crippen LogP contribution in [0.25, 0.3) is 0 Å². The molecule has 0 spiro atoms. The van der Waals surface area contributed by atoms with Crippen molar-refractivity contribution in [3.63, 3.8) is 0 Å². The Bertz CT molecular complexity index is 1140. The summed E-state index contributed by atoms with van der Waals surface area (Å²) in [6.07, 6.45) is 0. The number of hydrogen-bond donors (Lipinski definition) is 2. The topological polar surface area (TPSA) is 84.5 Å². The standard InChI is InChI=1S/C23H24N2O4S/c1-4-29-20-10-8-19(9-11-20)24-23(26)18-7-14-22(17(3)15-18)25-30(27,28)21-12-5-16(2)6-13-21/h5-15,25H,4H2,1-3H3,(H,24,26). The van der Waals surface area contributed by atoms with Gasteiger partial charge in [-0.05, 0) is 80.9 Å². The Morgan fingerprint density at radius 3 is 2.20 bits per heavy atom. The van der Waals surface area contributed by atoms with Crippen LogP contribution in [0, 0.1) is 13.8 Å². The molecule has 3 aromatic carbocycles. The van der Waals surface area contributed by atoms with Gasteiger partial charge in [-0.3, -0.25) is 9.52 Å². The number of benzene rings is 3. The van der Waals surface area contributed by atoms with Gasteiger partial charge in [-0.15, -0.1) is 0 Å². The Morgan fingerprint density at radius 2 is 1.60 bits per heavy atom. The maximum atomic E-state index is 12.6. The molecule has 0 saturated carbocycles. The van der Waals surface area contributed by atoms with Crippen molar-refractivity contribution in [2.75, 3.05) is 16.6 Å². The molecule has 0 aliphatic carbocycles. The van der Waals surface area contributed by atoms with Gasteiger partial charge in [0.2, 0.25) is 0 Å². The van der Waals surface area contributed by atoms with Gasteiger partial charge in [0, 0.05) is 11.3 Å². The lowest BCUT2D eigenvalue weighted by molar-refractivity contribution is 0.102. The van der Waals surface area contributed by atoms with Crippen LogP contribution in [0.3, 0.4) is 0 Å². The van der Waals surface area contributed by atoms with Crippen LogP contribution in [0.5, 0.6) is 5.75 Å². The predicted octanol–water partition coefficient (Wildman–Crippen LogP) is 4.76. The minimum Gasteiger partial charge on any atom is -0.494 e. The van der Waals surface area contributed by atoms with Gasteiger partial charge in [-0.25, -0.2) is 8.42 Å². The third-order valence-corrected chi connectivity index (χ3v) is 5.87. The normalized spacial score (nSPS) is 11.0. The van der Waals surface area contributed by atoms with Gasteiger partial charge in [0.25, 0.3) is 15.9 Å². The first-order valence-corrected chi connectivity index (χ1v) is 11.0. The van der Waals surface area contributed by atoms with Crippen molar-refractivity contribution in [3.8, 4) is 5.75 Å². The van der Waals surface area contributed by atoms with Gasteiger partial charge < -0.3 is 10.1 Å². The van der Waals surface area contributed by atoms with Crippen LogP contribution in [-0.2, 0) is 10.0 Å². The maximum absolute atomic E-state index is 12.6. The van der Waals surface area contributed by atoms with Gasteiger partial charge >= 0.3 is 0 Å². The second-order valence-electron chi connectivity index (χ2n) is 6.86. The molecule has 0 saturated heterocycles. The number of amides is 1. The van der Waals surface area contributed by atoms with Gasteiger partial charge in [0.05, 0.1) is 17.2 Å². The minimum absolute atomic E-state index is 0.185.